The van der Waals surface area contributed by atoms with Crippen LogP contribution in [0.3, 0.4) is 0 Å². The number of amides is 1. The number of hydrogen-bond donors (Lipinski definition) is 0. The van der Waals surface area contributed by atoms with E-state index in [4.69, 9.17) is 5.26 Å². The number of benzene rings is 1. The Morgan fingerprint density at radius 3 is 2.32 bits per heavy atom. The van der Waals surface area contributed by atoms with E-state index in [2.05, 4.69) is 6.07 Å². The first-order valence-corrected chi connectivity index (χ1v) is 6.58. The van der Waals surface area contributed by atoms with Crippen LogP contribution in [0.4, 0.5) is 5.69 Å². The minimum absolute atomic E-state index is 0.0710. The number of anilines is 1. The lowest BCUT2D eigenvalue weighted by Crippen LogP contribution is -2.38. The van der Waals surface area contributed by atoms with Gasteiger partial charge in [0.25, 0.3) is 5.91 Å². The number of carbonyl (C=O) groups is 1. The number of likely N-dealkylation sites (tertiary alicyclic amines) is 1. The van der Waals surface area contributed by atoms with Crippen LogP contribution in [-0.4, -0.2) is 38.0 Å². The van der Waals surface area contributed by atoms with Crippen molar-refractivity contribution >= 4 is 11.6 Å². The van der Waals surface area contributed by atoms with Gasteiger partial charge in [-0.25, -0.2) is 0 Å². The molecule has 0 spiro atoms. The van der Waals surface area contributed by atoms with Gasteiger partial charge >= 0.3 is 0 Å². The molecular weight excluding hydrogens is 238 g/mol. The van der Waals surface area contributed by atoms with Crippen molar-refractivity contribution in [3.05, 3.63) is 29.8 Å². The van der Waals surface area contributed by atoms with E-state index in [1.165, 1.54) is 0 Å². The predicted octanol–water partition coefficient (Wildman–Crippen LogP) is 2.13. The number of nitriles is 1. The van der Waals surface area contributed by atoms with Crippen LogP contribution in [0.5, 0.6) is 0 Å². The van der Waals surface area contributed by atoms with Gasteiger partial charge in [-0.15, -0.1) is 0 Å². The molecule has 19 heavy (non-hydrogen) atoms. The lowest BCUT2D eigenvalue weighted by molar-refractivity contribution is 0.0707. The van der Waals surface area contributed by atoms with Crippen LogP contribution in [0.2, 0.25) is 0 Å². The third-order valence-corrected chi connectivity index (χ3v) is 3.60. The summed E-state index contributed by atoms with van der Waals surface area (Å²) in [7, 11) is 3.95. The van der Waals surface area contributed by atoms with Crippen molar-refractivity contribution in [2.75, 3.05) is 32.1 Å². The Labute approximate surface area is 114 Å². The van der Waals surface area contributed by atoms with Crippen LogP contribution >= 0.6 is 0 Å². The van der Waals surface area contributed by atoms with Crippen LogP contribution in [0, 0.1) is 17.2 Å². The second kappa shape index (κ2) is 5.75. The second-order valence-electron chi connectivity index (χ2n) is 5.14. The van der Waals surface area contributed by atoms with E-state index >= 15 is 0 Å². The molecule has 1 aromatic carbocycles. The summed E-state index contributed by atoms with van der Waals surface area (Å²) in [6.07, 6.45) is 1.58. The van der Waals surface area contributed by atoms with Crippen molar-refractivity contribution in [2.24, 2.45) is 5.92 Å². The van der Waals surface area contributed by atoms with Crippen LogP contribution in [0.15, 0.2) is 24.3 Å². The van der Waals surface area contributed by atoms with E-state index in [-0.39, 0.29) is 11.8 Å². The topological polar surface area (TPSA) is 47.3 Å². The number of rotatable bonds is 2. The zero-order valence-corrected chi connectivity index (χ0v) is 11.5. The average Bonchev–Trinajstić information content (AvgIpc) is 2.46. The van der Waals surface area contributed by atoms with E-state index in [1.807, 2.05) is 48.2 Å². The zero-order valence-electron chi connectivity index (χ0n) is 11.5. The fourth-order valence-corrected chi connectivity index (χ4v) is 2.30. The average molecular weight is 257 g/mol. The Morgan fingerprint density at radius 1 is 1.26 bits per heavy atom. The molecule has 1 saturated heterocycles. The molecule has 0 unspecified atom stereocenters. The molecule has 0 bridgehead atoms. The molecule has 0 radical (unpaired) electrons. The van der Waals surface area contributed by atoms with E-state index in [9.17, 15) is 4.79 Å². The summed E-state index contributed by atoms with van der Waals surface area (Å²) in [5, 5.41) is 8.86. The van der Waals surface area contributed by atoms with Gasteiger partial charge in [0.15, 0.2) is 0 Å². The van der Waals surface area contributed by atoms with Gasteiger partial charge < -0.3 is 9.80 Å². The molecule has 0 aliphatic carbocycles. The first-order chi connectivity index (χ1) is 9.11. The molecule has 4 heteroatoms. The summed E-state index contributed by atoms with van der Waals surface area (Å²) < 4.78 is 0. The minimum atomic E-state index is 0.0710. The van der Waals surface area contributed by atoms with Gasteiger partial charge in [-0.2, -0.15) is 5.26 Å². The molecule has 1 aliphatic rings. The highest BCUT2D eigenvalue weighted by Crippen LogP contribution is 2.19. The molecule has 0 aromatic heterocycles. The van der Waals surface area contributed by atoms with Crippen LogP contribution in [-0.2, 0) is 0 Å². The number of carbonyl (C=O) groups excluding carboxylic acids is 1. The second-order valence-corrected chi connectivity index (χ2v) is 5.14. The Balaban J connectivity index is 2.02. The fraction of sp³-hybridized carbons (Fsp3) is 0.467. The van der Waals surface area contributed by atoms with Crippen molar-refractivity contribution in [1.82, 2.24) is 4.90 Å². The van der Waals surface area contributed by atoms with Gasteiger partial charge in [-0.1, -0.05) is 0 Å². The molecule has 1 fully saturated rings. The fourth-order valence-electron chi connectivity index (χ4n) is 2.30. The molecule has 4 nitrogen and oxygen atoms in total. The van der Waals surface area contributed by atoms with E-state index in [0.717, 1.165) is 24.1 Å². The van der Waals surface area contributed by atoms with Gasteiger partial charge in [-0.3, -0.25) is 4.79 Å². The highest BCUT2D eigenvalue weighted by molar-refractivity contribution is 5.94. The number of piperidine rings is 1. The number of nitrogens with zero attached hydrogens (tertiary/aromatic N) is 3. The molecule has 0 N–H and O–H groups in total. The Kier molecular flexibility index (Phi) is 4.06. The molecule has 1 aliphatic heterocycles. The minimum Gasteiger partial charge on any atom is -0.378 e. The summed E-state index contributed by atoms with van der Waals surface area (Å²) in [4.78, 5) is 16.2. The Bertz CT molecular complexity index is 479. The van der Waals surface area contributed by atoms with Crippen LogP contribution in [0.1, 0.15) is 23.2 Å². The van der Waals surface area contributed by atoms with Crippen molar-refractivity contribution in [1.29, 1.82) is 5.26 Å². The van der Waals surface area contributed by atoms with Crippen molar-refractivity contribution in [3.8, 4) is 6.07 Å². The lowest BCUT2D eigenvalue weighted by Gasteiger charge is -2.29. The van der Waals surface area contributed by atoms with E-state index < -0.39 is 0 Å². The first kappa shape index (κ1) is 13.4. The van der Waals surface area contributed by atoms with Gasteiger partial charge in [0, 0.05) is 44.4 Å². The van der Waals surface area contributed by atoms with E-state index in [1.54, 1.807) is 0 Å². The van der Waals surface area contributed by atoms with Gasteiger partial charge in [-0.05, 0) is 37.1 Å². The highest BCUT2D eigenvalue weighted by Gasteiger charge is 2.23. The maximum Gasteiger partial charge on any atom is 0.253 e. The van der Waals surface area contributed by atoms with Gasteiger partial charge in [0.2, 0.25) is 0 Å². The van der Waals surface area contributed by atoms with Crippen LogP contribution < -0.4 is 4.90 Å². The third kappa shape index (κ3) is 3.05. The third-order valence-electron chi connectivity index (χ3n) is 3.60. The lowest BCUT2D eigenvalue weighted by atomic mass is 9.98. The smallest absolute Gasteiger partial charge is 0.253 e. The molecule has 2 rings (SSSR count). The van der Waals surface area contributed by atoms with Gasteiger partial charge in [0.1, 0.15) is 0 Å². The largest absolute Gasteiger partial charge is 0.378 e. The summed E-state index contributed by atoms with van der Waals surface area (Å²) in [5.41, 5.74) is 1.81. The van der Waals surface area contributed by atoms with Crippen LogP contribution in [0.25, 0.3) is 0 Å². The Morgan fingerprint density at radius 2 is 1.84 bits per heavy atom. The summed E-state index contributed by atoms with van der Waals surface area (Å²) in [6, 6.07) is 9.93. The number of hydrogen-bond acceptors (Lipinski definition) is 3. The van der Waals surface area contributed by atoms with Gasteiger partial charge in [0.05, 0.1) is 6.07 Å². The SMILES string of the molecule is CN(C)c1ccc(C(=O)N2CCC(C#N)CC2)cc1. The predicted molar refractivity (Wildman–Crippen MR) is 75.0 cm³/mol. The zero-order chi connectivity index (χ0) is 13.8. The molecular formula is C15H19N3O. The molecule has 1 amide bonds. The van der Waals surface area contributed by atoms with E-state index in [0.29, 0.717) is 13.1 Å². The quantitative estimate of drug-likeness (QED) is 0.815. The first-order valence-electron chi connectivity index (χ1n) is 6.58. The summed E-state index contributed by atoms with van der Waals surface area (Å²) >= 11 is 0. The monoisotopic (exact) mass is 257 g/mol. The maximum absolute atomic E-state index is 12.3. The summed E-state index contributed by atoms with van der Waals surface area (Å²) in [5.74, 6) is 0.182. The molecule has 1 aromatic rings. The normalized spacial score (nSPS) is 15.9. The summed E-state index contributed by atoms with van der Waals surface area (Å²) in [6.45, 7) is 1.37. The maximum atomic E-state index is 12.3. The molecule has 100 valence electrons. The standard InChI is InChI=1S/C15H19N3O/c1-17(2)14-5-3-13(4-6-14)15(19)18-9-7-12(11-16)8-10-18/h3-6,12H,7-10H2,1-2H3. The molecule has 0 atom stereocenters. The van der Waals surface area contributed by atoms with Crippen molar-refractivity contribution in [2.45, 2.75) is 12.8 Å². The molecule has 0 saturated carbocycles. The Hall–Kier alpha value is -2.02. The molecule has 1 heterocycles. The van der Waals surface area contributed by atoms with Crippen molar-refractivity contribution < 1.29 is 4.79 Å². The van der Waals surface area contributed by atoms with Crippen molar-refractivity contribution in [3.63, 3.8) is 0 Å². The highest BCUT2D eigenvalue weighted by atomic mass is 16.2.